The van der Waals surface area contributed by atoms with Crippen molar-refractivity contribution in [3.63, 3.8) is 0 Å². The van der Waals surface area contributed by atoms with E-state index in [-0.39, 0.29) is 5.41 Å². The molecule has 0 heterocycles. The van der Waals surface area contributed by atoms with Crippen molar-refractivity contribution in [2.75, 3.05) is 9.80 Å². The number of para-hydroxylation sites is 4. The first-order chi connectivity index (χ1) is 28.2. The SMILES string of the molecule is CCC(CC)CC1CCCC(c2ccccc2N(c2ccccc2)c2cccc3c2C24c5c(cccc5N(c5ccccc5)c5ccccc5)CC2CCC4C3)C1. The molecule has 4 aliphatic rings. The highest BCUT2D eigenvalue weighted by molar-refractivity contribution is 5.87. The van der Waals surface area contributed by atoms with Crippen LogP contribution in [-0.4, -0.2) is 0 Å². The van der Waals surface area contributed by atoms with Crippen LogP contribution in [0.5, 0.6) is 0 Å². The molecule has 5 unspecified atom stereocenters. The van der Waals surface area contributed by atoms with E-state index < -0.39 is 0 Å². The predicted octanol–water partition coefficient (Wildman–Crippen LogP) is 15.2. The molecule has 0 amide bonds. The summed E-state index contributed by atoms with van der Waals surface area (Å²) in [6.07, 6.45) is 14.2. The van der Waals surface area contributed by atoms with E-state index in [4.69, 9.17) is 0 Å². The molecule has 0 bridgehead atoms. The number of rotatable bonds is 11. The highest BCUT2D eigenvalue weighted by atomic mass is 15.2. The van der Waals surface area contributed by atoms with Gasteiger partial charge in [-0.3, -0.25) is 0 Å². The third-order valence-electron chi connectivity index (χ3n) is 14.9. The molecular weight excluding hydrogens is 689 g/mol. The molecule has 2 saturated carbocycles. The first-order valence-corrected chi connectivity index (χ1v) is 22.3. The molecule has 6 aromatic carbocycles. The summed E-state index contributed by atoms with van der Waals surface area (Å²) in [4.78, 5) is 5.26. The molecule has 0 aliphatic heterocycles. The lowest BCUT2D eigenvalue weighted by Gasteiger charge is -2.41. The predicted molar refractivity (Wildman–Crippen MR) is 240 cm³/mol. The summed E-state index contributed by atoms with van der Waals surface area (Å²) in [5, 5.41) is 0. The van der Waals surface area contributed by atoms with Gasteiger partial charge < -0.3 is 9.80 Å². The van der Waals surface area contributed by atoms with Crippen LogP contribution in [0.15, 0.2) is 152 Å². The Balaban J connectivity index is 1.17. The van der Waals surface area contributed by atoms with Crippen LogP contribution in [0, 0.1) is 23.7 Å². The molecule has 2 fully saturated rings. The van der Waals surface area contributed by atoms with Crippen molar-refractivity contribution in [3.05, 3.63) is 179 Å². The van der Waals surface area contributed by atoms with Gasteiger partial charge in [0.2, 0.25) is 0 Å². The monoisotopic (exact) mass is 746 g/mol. The minimum Gasteiger partial charge on any atom is -0.310 e. The van der Waals surface area contributed by atoms with E-state index in [0.29, 0.717) is 17.8 Å². The third-order valence-corrected chi connectivity index (χ3v) is 14.9. The fraction of sp³-hybridized carbons (Fsp3) is 0.345. The van der Waals surface area contributed by atoms with Gasteiger partial charge in [0.1, 0.15) is 0 Å². The van der Waals surface area contributed by atoms with Gasteiger partial charge in [0.25, 0.3) is 0 Å². The number of nitrogens with zero attached hydrogens (tertiary/aromatic N) is 2. The van der Waals surface area contributed by atoms with Crippen molar-refractivity contribution in [3.8, 4) is 0 Å². The third kappa shape index (κ3) is 6.14. The normalized spacial score (nSPS) is 23.1. The van der Waals surface area contributed by atoms with Crippen molar-refractivity contribution < 1.29 is 0 Å². The average Bonchev–Trinajstić information content (AvgIpc) is 3.91. The molecule has 57 heavy (non-hydrogen) atoms. The average molecular weight is 747 g/mol. The van der Waals surface area contributed by atoms with E-state index in [0.717, 1.165) is 24.7 Å². The molecular formula is C55H58N2. The number of hydrogen-bond donors (Lipinski definition) is 0. The van der Waals surface area contributed by atoms with Crippen LogP contribution < -0.4 is 9.80 Å². The Morgan fingerprint density at radius 3 is 1.56 bits per heavy atom. The Morgan fingerprint density at radius 2 is 1.00 bits per heavy atom. The number of benzene rings is 6. The minimum absolute atomic E-state index is 0.0626. The topological polar surface area (TPSA) is 6.48 Å². The number of hydrogen-bond acceptors (Lipinski definition) is 2. The van der Waals surface area contributed by atoms with Crippen LogP contribution in [0.3, 0.4) is 0 Å². The summed E-state index contributed by atoms with van der Waals surface area (Å²) in [7, 11) is 0. The summed E-state index contributed by atoms with van der Waals surface area (Å²) in [5.74, 6) is 3.39. The molecule has 10 rings (SSSR count). The molecule has 6 aromatic rings. The largest absolute Gasteiger partial charge is 0.310 e. The van der Waals surface area contributed by atoms with Gasteiger partial charge in [-0.2, -0.15) is 0 Å². The lowest BCUT2D eigenvalue weighted by atomic mass is 9.68. The van der Waals surface area contributed by atoms with Gasteiger partial charge >= 0.3 is 0 Å². The van der Waals surface area contributed by atoms with E-state index in [1.165, 1.54) is 97.5 Å². The Labute approximate surface area is 341 Å². The fourth-order valence-corrected chi connectivity index (χ4v) is 12.5. The molecule has 2 heteroatoms. The number of fused-ring (bicyclic) bond motifs is 2. The summed E-state index contributed by atoms with van der Waals surface area (Å²) in [6.45, 7) is 4.79. The Morgan fingerprint density at radius 1 is 0.509 bits per heavy atom. The summed E-state index contributed by atoms with van der Waals surface area (Å²) in [5.41, 5.74) is 15.5. The molecule has 0 saturated heterocycles. The maximum Gasteiger partial charge on any atom is 0.0505 e. The Bertz CT molecular complexity index is 2260. The highest BCUT2D eigenvalue weighted by Crippen LogP contribution is 2.69. The van der Waals surface area contributed by atoms with E-state index >= 15 is 0 Å². The van der Waals surface area contributed by atoms with Crippen LogP contribution in [0.2, 0.25) is 0 Å². The van der Waals surface area contributed by atoms with Crippen LogP contribution in [-0.2, 0) is 18.3 Å². The van der Waals surface area contributed by atoms with Crippen molar-refractivity contribution >= 4 is 34.1 Å². The Kier molecular flexibility index (Phi) is 9.77. The first-order valence-electron chi connectivity index (χ1n) is 22.3. The van der Waals surface area contributed by atoms with E-state index in [2.05, 4.69) is 175 Å². The summed E-state index contributed by atoms with van der Waals surface area (Å²) < 4.78 is 0. The zero-order valence-corrected chi connectivity index (χ0v) is 34.0. The Hall–Kier alpha value is -5.08. The summed E-state index contributed by atoms with van der Waals surface area (Å²) in [6, 6.07) is 57.6. The van der Waals surface area contributed by atoms with Gasteiger partial charge in [-0.05, 0) is 157 Å². The maximum atomic E-state index is 2.71. The van der Waals surface area contributed by atoms with Gasteiger partial charge in [-0.1, -0.05) is 137 Å². The van der Waals surface area contributed by atoms with Crippen LogP contribution in [0.1, 0.15) is 105 Å². The van der Waals surface area contributed by atoms with Crippen LogP contribution in [0.4, 0.5) is 34.1 Å². The second kappa shape index (κ2) is 15.4. The van der Waals surface area contributed by atoms with Crippen molar-refractivity contribution in [1.29, 1.82) is 0 Å². The first kappa shape index (κ1) is 36.3. The lowest BCUT2D eigenvalue weighted by molar-refractivity contribution is 0.258. The highest BCUT2D eigenvalue weighted by Gasteiger charge is 2.62. The minimum atomic E-state index is -0.0626. The molecule has 0 N–H and O–H groups in total. The van der Waals surface area contributed by atoms with Crippen molar-refractivity contribution in [1.82, 2.24) is 0 Å². The molecule has 0 aromatic heterocycles. The summed E-state index contributed by atoms with van der Waals surface area (Å²) >= 11 is 0. The lowest BCUT2D eigenvalue weighted by Crippen LogP contribution is -2.34. The molecule has 5 atom stereocenters. The van der Waals surface area contributed by atoms with Crippen LogP contribution in [0.25, 0.3) is 0 Å². The van der Waals surface area contributed by atoms with E-state index in [9.17, 15) is 0 Å². The zero-order valence-electron chi connectivity index (χ0n) is 34.0. The molecule has 2 nitrogen and oxygen atoms in total. The molecule has 0 radical (unpaired) electrons. The van der Waals surface area contributed by atoms with Gasteiger partial charge in [0.05, 0.1) is 11.4 Å². The second-order valence-electron chi connectivity index (χ2n) is 17.8. The van der Waals surface area contributed by atoms with E-state index in [1.54, 1.807) is 22.3 Å². The van der Waals surface area contributed by atoms with Crippen molar-refractivity contribution in [2.45, 2.75) is 95.8 Å². The van der Waals surface area contributed by atoms with Crippen LogP contribution >= 0.6 is 0 Å². The maximum absolute atomic E-state index is 2.71. The number of anilines is 6. The fourth-order valence-electron chi connectivity index (χ4n) is 12.5. The van der Waals surface area contributed by atoms with E-state index in [1.807, 2.05) is 0 Å². The van der Waals surface area contributed by atoms with Crippen molar-refractivity contribution in [2.24, 2.45) is 23.7 Å². The smallest absolute Gasteiger partial charge is 0.0505 e. The molecule has 1 spiro atoms. The van der Waals surface area contributed by atoms with Gasteiger partial charge in [-0.25, -0.2) is 0 Å². The molecule has 4 aliphatic carbocycles. The van der Waals surface area contributed by atoms with Gasteiger partial charge in [0, 0.05) is 28.2 Å². The second-order valence-corrected chi connectivity index (χ2v) is 17.8. The zero-order chi connectivity index (χ0) is 38.3. The molecule has 288 valence electrons. The van der Waals surface area contributed by atoms with Gasteiger partial charge in [-0.15, -0.1) is 0 Å². The quantitative estimate of drug-likeness (QED) is 0.130. The standard InChI is InChI=1S/C55H58N2/c1-3-39(4-2)35-40-19-16-20-41(36-40)49-29-14-15-30-50(49)57(48-27-12-7-13-28-48)52-32-18-22-43-38-45-34-33-44-37-42-21-17-31-51(53(42)55(44,45)54(43)52)56(46-23-8-5-9-24-46)47-25-10-6-11-26-47/h5-15,17-18,21-32,39-41,44-45H,3-4,16,19-20,33-38H2,1-2H3. The van der Waals surface area contributed by atoms with Gasteiger partial charge in [0.15, 0.2) is 0 Å².